The van der Waals surface area contributed by atoms with Gasteiger partial charge >= 0.3 is 0 Å². The Morgan fingerprint density at radius 3 is 2.57 bits per heavy atom. The smallest absolute Gasteiger partial charge is 0.294 e. The van der Waals surface area contributed by atoms with Gasteiger partial charge in [-0.05, 0) is 53.7 Å². The van der Waals surface area contributed by atoms with Crippen molar-refractivity contribution in [1.82, 2.24) is 4.90 Å². The predicted octanol–water partition coefficient (Wildman–Crippen LogP) is 3.74. The van der Waals surface area contributed by atoms with Crippen LogP contribution in [0.25, 0.3) is 6.08 Å². The molecule has 3 rings (SSSR count). The highest BCUT2D eigenvalue weighted by atomic mass is 35.5. The van der Waals surface area contributed by atoms with Crippen LogP contribution in [0.15, 0.2) is 41.3 Å². The average molecular weight is 449 g/mol. The number of carbonyl (C=O) groups excluding carboxylic acids is 3. The molecule has 1 heterocycles. The molecule has 10 heteroatoms. The van der Waals surface area contributed by atoms with Gasteiger partial charge in [-0.2, -0.15) is 0 Å². The van der Waals surface area contributed by atoms with Gasteiger partial charge in [0.1, 0.15) is 12.3 Å². The van der Waals surface area contributed by atoms with Gasteiger partial charge in [-0.3, -0.25) is 19.3 Å². The van der Waals surface area contributed by atoms with Crippen LogP contribution in [0.2, 0.25) is 5.02 Å². The molecule has 0 unspecified atom stereocenters. The van der Waals surface area contributed by atoms with E-state index in [0.717, 1.165) is 16.7 Å². The van der Waals surface area contributed by atoms with E-state index in [0.29, 0.717) is 22.0 Å². The number of halogens is 1. The number of carbonyl (C=O) groups is 3. The van der Waals surface area contributed by atoms with E-state index in [4.69, 9.17) is 21.1 Å². The topological polar surface area (TPSA) is 105 Å². The van der Waals surface area contributed by atoms with E-state index in [2.05, 4.69) is 5.32 Å². The molecule has 0 spiro atoms. The van der Waals surface area contributed by atoms with Gasteiger partial charge in [0.2, 0.25) is 5.91 Å². The fourth-order valence-electron chi connectivity index (χ4n) is 2.66. The molecule has 156 valence electrons. The average Bonchev–Trinajstić information content (AvgIpc) is 2.97. The molecule has 0 aromatic heterocycles. The summed E-state index contributed by atoms with van der Waals surface area (Å²) in [6.45, 7) is -0.440. The molecule has 0 bridgehead atoms. The van der Waals surface area contributed by atoms with E-state index in [1.807, 2.05) is 0 Å². The van der Waals surface area contributed by atoms with E-state index in [9.17, 15) is 19.5 Å². The second-order valence-electron chi connectivity index (χ2n) is 6.10. The SMILES string of the molecule is COc1cc(/C=C2/SC(=O)N(CC(=O)Nc3ccc(OC)c(Cl)c3)C2=O)ccc1O. The van der Waals surface area contributed by atoms with Crippen molar-refractivity contribution in [3.8, 4) is 17.2 Å². The molecule has 0 aliphatic carbocycles. The fourth-order valence-corrected chi connectivity index (χ4v) is 3.76. The molecule has 1 aliphatic rings. The Labute approximate surface area is 181 Å². The van der Waals surface area contributed by atoms with Gasteiger partial charge in [0.05, 0.1) is 24.1 Å². The van der Waals surface area contributed by atoms with Gasteiger partial charge in [-0.25, -0.2) is 0 Å². The first-order valence-electron chi connectivity index (χ1n) is 8.58. The molecule has 0 radical (unpaired) electrons. The molecule has 2 aromatic carbocycles. The summed E-state index contributed by atoms with van der Waals surface area (Å²) in [6.07, 6.45) is 1.49. The number of aromatic hydroxyl groups is 1. The second kappa shape index (κ2) is 9.10. The number of benzene rings is 2. The van der Waals surface area contributed by atoms with Crippen molar-refractivity contribution in [3.63, 3.8) is 0 Å². The lowest BCUT2D eigenvalue weighted by molar-refractivity contribution is -0.127. The molecule has 30 heavy (non-hydrogen) atoms. The molecular formula is C20H17ClN2O6S. The largest absolute Gasteiger partial charge is 0.504 e. The summed E-state index contributed by atoms with van der Waals surface area (Å²) < 4.78 is 10.1. The molecule has 3 amide bonds. The summed E-state index contributed by atoms with van der Waals surface area (Å²) in [5, 5.41) is 12.0. The van der Waals surface area contributed by atoms with E-state index < -0.39 is 23.6 Å². The highest BCUT2D eigenvalue weighted by Gasteiger charge is 2.36. The third kappa shape index (κ3) is 4.69. The van der Waals surface area contributed by atoms with Crippen LogP contribution in [-0.2, 0) is 9.59 Å². The lowest BCUT2D eigenvalue weighted by atomic mass is 10.2. The highest BCUT2D eigenvalue weighted by Crippen LogP contribution is 2.34. The van der Waals surface area contributed by atoms with Gasteiger partial charge < -0.3 is 19.9 Å². The van der Waals surface area contributed by atoms with Crippen molar-refractivity contribution in [2.75, 3.05) is 26.1 Å². The lowest BCUT2D eigenvalue weighted by Gasteiger charge is -2.13. The molecule has 1 fully saturated rings. The number of amides is 3. The van der Waals surface area contributed by atoms with E-state index in [-0.39, 0.29) is 16.4 Å². The molecule has 0 atom stereocenters. The number of rotatable bonds is 6. The van der Waals surface area contributed by atoms with Crippen molar-refractivity contribution in [1.29, 1.82) is 0 Å². The number of phenols is 1. The minimum atomic E-state index is -0.583. The summed E-state index contributed by atoms with van der Waals surface area (Å²) in [5.74, 6) is -0.485. The number of phenolic OH excluding ortho intramolecular Hbond substituents is 1. The zero-order valence-electron chi connectivity index (χ0n) is 16.0. The van der Waals surface area contributed by atoms with Crippen LogP contribution in [0.4, 0.5) is 10.5 Å². The Morgan fingerprint density at radius 2 is 1.90 bits per heavy atom. The number of nitrogens with zero attached hydrogens (tertiary/aromatic N) is 1. The number of ether oxygens (including phenoxy) is 2. The van der Waals surface area contributed by atoms with Gasteiger partial charge in [-0.15, -0.1) is 0 Å². The van der Waals surface area contributed by atoms with Crippen molar-refractivity contribution in [3.05, 3.63) is 51.9 Å². The molecule has 2 N–H and O–H groups in total. The van der Waals surface area contributed by atoms with Crippen LogP contribution < -0.4 is 14.8 Å². The third-order valence-electron chi connectivity index (χ3n) is 4.11. The van der Waals surface area contributed by atoms with Crippen molar-refractivity contribution in [2.24, 2.45) is 0 Å². The summed E-state index contributed by atoms with van der Waals surface area (Å²) in [6, 6.07) is 9.21. The first-order valence-corrected chi connectivity index (χ1v) is 9.77. The maximum absolute atomic E-state index is 12.6. The Kier molecular flexibility index (Phi) is 6.53. The second-order valence-corrected chi connectivity index (χ2v) is 7.50. The summed E-state index contributed by atoms with van der Waals surface area (Å²) in [5.41, 5.74) is 0.969. The number of hydrogen-bond acceptors (Lipinski definition) is 7. The normalized spacial score (nSPS) is 14.9. The Morgan fingerprint density at radius 1 is 1.17 bits per heavy atom. The third-order valence-corrected chi connectivity index (χ3v) is 5.32. The highest BCUT2D eigenvalue weighted by molar-refractivity contribution is 8.18. The Hall–Kier alpha value is -3.17. The van der Waals surface area contributed by atoms with Gasteiger partial charge in [0.15, 0.2) is 11.5 Å². The number of anilines is 1. The molecule has 1 aliphatic heterocycles. The van der Waals surface area contributed by atoms with E-state index in [1.165, 1.54) is 38.5 Å². The zero-order chi connectivity index (χ0) is 21.8. The number of nitrogens with one attached hydrogen (secondary N) is 1. The monoisotopic (exact) mass is 448 g/mol. The van der Waals surface area contributed by atoms with Crippen molar-refractivity contribution >= 4 is 52.2 Å². The van der Waals surface area contributed by atoms with Crippen LogP contribution in [0.3, 0.4) is 0 Å². The van der Waals surface area contributed by atoms with Crippen LogP contribution in [0, 0.1) is 0 Å². The standard InChI is InChI=1S/C20H17ClN2O6S/c1-28-15-6-4-12(9-13(15)21)22-18(25)10-23-19(26)17(30-20(23)27)8-11-3-5-14(24)16(7-11)29-2/h3-9,24H,10H2,1-2H3,(H,22,25)/b17-8+. The minimum absolute atomic E-state index is 0.0435. The quantitative estimate of drug-likeness (QED) is 0.648. The molecule has 2 aromatic rings. The summed E-state index contributed by atoms with van der Waals surface area (Å²) >= 11 is 6.75. The molecule has 1 saturated heterocycles. The molecular weight excluding hydrogens is 432 g/mol. The lowest BCUT2D eigenvalue weighted by Crippen LogP contribution is -2.36. The number of methoxy groups -OCH3 is 2. The van der Waals surface area contributed by atoms with E-state index >= 15 is 0 Å². The zero-order valence-corrected chi connectivity index (χ0v) is 17.5. The van der Waals surface area contributed by atoms with Gasteiger partial charge in [0, 0.05) is 5.69 Å². The number of imide groups is 1. The maximum Gasteiger partial charge on any atom is 0.294 e. The summed E-state index contributed by atoms with van der Waals surface area (Å²) in [4.78, 5) is 38.1. The van der Waals surface area contributed by atoms with Crippen molar-refractivity contribution < 1.29 is 29.0 Å². The predicted molar refractivity (Wildman–Crippen MR) is 114 cm³/mol. The Bertz CT molecular complexity index is 1060. The first kappa shape index (κ1) is 21.5. The van der Waals surface area contributed by atoms with Crippen LogP contribution in [0.1, 0.15) is 5.56 Å². The Balaban J connectivity index is 1.70. The van der Waals surface area contributed by atoms with Crippen LogP contribution in [0.5, 0.6) is 17.2 Å². The van der Waals surface area contributed by atoms with Gasteiger partial charge in [0.25, 0.3) is 11.1 Å². The number of thioether (sulfide) groups is 1. The maximum atomic E-state index is 12.6. The van der Waals surface area contributed by atoms with Crippen LogP contribution >= 0.6 is 23.4 Å². The number of hydrogen-bond donors (Lipinski definition) is 2. The first-order chi connectivity index (χ1) is 14.3. The summed E-state index contributed by atoms with van der Waals surface area (Å²) in [7, 11) is 2.88. The van der Waals surface area contributed by atoms with Crippen LogP contribution in [-0.4, -0.2) is 47.8 Å². The fraction of sp³-hybridized carbons (Fsp3) is 0.150. The van der Waals surface area contributed by atoms with Crippen molar-refractivity contribution in [2.45, 2.75) is 0 Å². The van der Waals surface area contributed by atoms with E-state index in [1.54, 1.807) is 18.2 Å². The molecule has 8 nitrogen and oxygen atoms in total. The minimum Gasteiger partial charge on any atom is -0.504 e. The molecule has 0 saturated carbocycles. The van der Waals surface area contributed by atoms with Gasteiger partial charge in [-0.1, -0.05) is 17.7 Å².